The Hall–Kier alpha value is -1.71. The van der Waals surface area contributed by atoms with E-state index >= 15 is 0 Å². The van der Waals surface area contributed by atoms with E-state index < -0.39 is 6.09 Å². The fourth-order valence-corrected chi connectivity index (χ4v) is 2.99. The molecule has 4 nitrogen and oxygen atoms in total. The van der Waals surface area contributed by atoms with Gasteiger partial charge in [-0.2, -0.15) is 0 Å². The van der Waals surface area contributed by atoms with Gasteiger partial charge in [-0.25, -0.2) is 4.79 Å². The van der Waals surface area contributed by atoms with E-state index in [0.717, 1.165) is 11.4 Å². The summed E-state index contributed by atoms with van der Waals surface area (Å²) >= 11 is 0. The van der Waals surface area contributed by atoms with E-state index in [1.165, 1.54) is 25.7 Å². The summed E-state index contributed by atoms with van der Waals surface area (Å²) in [4.78, 5) is 11.3. The number of rotatable bonds is 4. The van der Waals surface area contributed by atoms with Gasteiger partial charge >= 0.3 is 6.09 Å². The minimum atomic E-state index is -0.410. The van der Waals surface area contributed by atoms with Crippen molar-refractivity contribution < 1.29 is 9.53 Å². The SMILES string of the molecule is CCOC(=O)Nc1ccc(NC2CCCC(C)(C)C2)cc1. The quantitative estimate of drug-likeness (QED) is 0.849. The van der Waals surface area contributed by atoms with Gasteiger partial charge in [-0.15, -0.1) is 0 Å². The summed E-state index contributed by atoms with van der Waals surface area (Å²) in [5, 5.41) is 6.30. The van der Waals surface area contributed by atoms with Crippen LogP contribution in [0.3, 0.4) is 0 Å². The monoisotopic (exact) mass is 290 g/mol. The fraction of sp³-hybridized carbons (Fsp3) is 0.588. The van der Waals surface area contributed by atoms with Gasteiger partial charge in [-0.1, -0.05) is 20.3 Å². The Bertz CT molecular complexity index is 468. The maximum absolute atomic E-state index is 11.3. The molecular weight excluding hydrogens is 264 g/mol. The third-order valence-corrected chi connectivity index (χ3v) is 3.98. The third-order valence-electron chi connectivity index (χ3n) is 3.98. The maximum atomic E-state index is 11.3. The molecule has 1 fully saturated rings. The highest BCUT2D eigenvalue weighted by Gasteiger charge is 2.27. The molecule has 0 heterocycles. The molecule has 1 saturated carbocycles. The summed E-state index contributed by atoms with van der Waals surface area (Å²) in [5.74, 6) is 0. The number of ether oxygens (including phenoxy) is 1. The number of hydrogen-bond acceptors (Lipinski definition) is 3. The minimum Gasteiger partial charge on any atom is -0.450 e. The first-order valence-electron chi connectivity index (χ1n) is 7.79. The maximum Gasteiger partial charge on any atom is 0.411 e. The van der Waals surface area contributed by atoms with Crippen LogP contribution in [0.25, 0.3) is 0 Å². The summed E-state index contributed by atoms with van der Waals surface area (Å²) in [7, 11) is 0. The number of hydrogen-bond donors (Lipinski definition) is 2. The molecule has 116 valence electrons. The van der Waals surface area contributed by atoms with E-state index in [1.54, 1.807) is 6.92 Å². The Kier molecular flexibility index (Phi) is 5.10. The fourth-order valence-electron chi connectivity index (χ4n) is 2.99. The molecule has 2 rings (SSSR count). The van der Waals surface area contributed by atoms with Gasteiger partial charge in [0, 0.05) is 17.4 Å². The number of benzene rings is 1. The van der Waals surface area contributed by atoms with Crippen molar-refractivity contribution in [3.8, 4) is 0 Å². The standard InChI is InChI=1S/C17H26N2O2/c1-4-21-16(20)19-14-9-7-13(8-10-14)18-15-6-5-11-17(2,3)12-15/h7-10,15,18H,4-6,11-12H2,1-3H3,(H,19,20). The first-order chi connectivity index (χ1) is 9.98. The van der Waals surface area contributed by atoms with Crippen LogP contribution in [0, 0.1) is 5.41 Å². The molecule has 0 bridgehead atoms. The van der Waals surface area contributed by atoms with Crippen LogP contribution in [0.15, 0.2) is 24.3 Å². The molecule has 0 aromatic heterocycles. The van der Waals surface area contributed by atoms with Gasteiger partial charge < -0.3 is 10.1 Å². The van der Waals surface area contributed by atoms with Crippen LogP contribution in [0.4, 0.5) is 16.2 Å². The zero-order valence-corrected chi connectivity index (χ0v) is 13.2. The van der Waals surface area contributed by atoms with Crippen molar-refractivity contribution in [1.82, 2.24) is 0 Å². The van der Waals surface area contributed by atoms with Crippen LogP contribution in [0.5, 0.6) is 0 Å². The molecule has 1 unspecified atom stereocenters. The van der Waals surface area contributed by atoms with Gasteiger partial charge in [0.15, 0.2) is 0 Å². The van der Waals surface area contributed by atoms with Crippen LogP contribution in [0.2, 0.25) is 0 Å². The molecule has 0 spiro atoms. The summed E-state index contributed by atoms with van der Waals surface area (Å²) in [5.41, 5.74) is 2.29. The molecule has 1 amide bonds. The lowest BCUT2D eigenvalue weighted by Gasteiger charge is -2.36. The Labute approximate surface area is 127 Å². The first-order valence-corrected chi connectivity index (χ1v) is 7.79. The average molecular weight is 290 g/mol. The Balaban J connectivity index is 1.89. The topological polar surface area (TPSA) is 50.4 Å². The first kappa shape index (κ1) is 15.7. The molecule has 1 aliphatic carbocycles. The Morgan fingerprint density at radius 2 is 1.95 bits per heavy atom. The van der Waals surface area contributed by atoms with Gasteiger partial charge in [0.25, 0.3) is 0 Å². The highest BCUT2D eigenvalue weighted by Crippen LogP contribution is 2.36. The smallest absolute Gasteiger partial charge is 0.411 e. The van der Waals surface area contributed by atoms with Crippen LogP contribution < -0.4 is 10.6 Å². The van der Waals surface area contributed by atoms with Crippen molar-refractivity contribution in [2.24, 2.45) is 5.41 Å². The second kappa shape index (κ2) is 6.83. The molecule has 4 heteroatoms. The van der Waals surface area contributed by atoms with Crippen molar-refractivity contribution in [2.45, 2.75) is 52.5 Å². The van der Waals surface area contributed by atoms with E-state index in [1.807, 2.05) is 24.3 Å². The minimum absolute atomic E-state index is 0.378. The van der Waals surface area contributed by atoms with Crippen LogP contribution in [-0.2, 0) is 4.74 Å². The number of amides is 1. The molecule has 1 aliphatic rings. The van der Waals surface area contributed by atoms with Gasteiger partial charge in [0.2, 0.25) is 0 Å². The summed E-state index contributed by atoms with van der Waals surface area (Å²) < 4.78 is 4.85. The highest BCUT2D eigenvalue weighted by molar-refractivity contribution is 5.84. The molecule has 1 aromatic rings. The van der Waals surface area contributed by atoms with Crippen LogP contribution >= 0.6 is 0 Å². The Morgan fingerprint density at radius 3 is 2.57 bits per heavy atom. The normalized spacial score (nSPS) is 20.6. The highest BCUT2D eigenvalue weighted by atomic mass is 16.5. The van der Waals surface area contributed by atoms with E-state index in [0.29, 0.717) is 18.1 Å². The number of carbonyl (C=O) groups is 1. The predicted octanol–water partition coefficient (Wildman–Crippen LogP) is 4.64. The molecule has 0 aliphatic heterocycles. The van der Waals surface area contributed by atoms with Gasteiger partial charge in [-0.3, -0.25) is 5.32 Å². The van der Waals surface area contributed by atoms with Crippen molar-refractivity contribution in [3.63, 3.8) is 0 Å². The predicted molar refractivity (Wildman–Crippen MR) is 86.7 cm³/mol. The second-order valence-corrected chi connectivity index (χ2v) is 6.52. The molecule has 0 radical (unpaired) electrons. The van der Waals surface area contributed by atoms with Crippen LogP contribution in [0.1, 0.15) is 46.5 Å². The molecule has 1 atom stereocenters. The van der Waals surface area contributed by atoms with Crippen LogP contribution in [-0.4, -0.2) is 18.7 Å². The largest absolute Gasteiger partial charge is 0.450 e. The van der Waals surface area contributed by atoms with Gasteiger partial charge in [0.05, 0.1) is 6.61 Å². The number of nitrogens with one attached hydrogen (secondary N) is 2. The van der Waals surface area contributed by atoms with Gasteiger partial charge in [0.1, 0.15) is 0 Å². The summed E-state index contributed by atoms with van der Waals surface area (Å²) in [6, 6.07) is 8.34. The van der Waals surface area contributed by atoms with Crippen molar-refractivity contribution in [3.05, 3.63) is 24.3 Å². The zero-order valence-electron chi connectivity index (χ0n) is 13.2. The second-order valence-electron chi connectivity index (χ2n) is 6.52. The van der Waals surface area contributed by atoms with Crippen molar-refractivity contribution >= 4 is 17.5 Å². The van der Waals surface area contributed by atoms with Crippen molar-refractivity contribution in [2.75, 3.05) is 17.2 Å². The number of carbonyl (C=O) groups excluding carboxylic acids is 1. The van der Waals surface area contributed by atoms with Gasteiger partial charge in [-0.05, 0) is 55.9 Å². The van der Waals surface area contributed by atoms with E-state index in [-0.39, 0.29) is 0 Å². The number of anilines is 2. The zero-order chi connectivity index (χ0) is 15.3. The average Bonchev–Trinajstić information content (AvgIpc) is 2.40. The van der Waals surface area contributed by atoms with E-state index in [2.05, 4.69) is 24.5 Å². The molecule has 1 aromatic carbocycles. The molecular formula is C17H26N2O2. The molecule has 0 saturated heterocycles. The molecule has 21 heavy (non-hydrogen) atoms. The van der Waals surface area contributed by atoms with Crippen molar-refractivity contribution in [1.29, 1.82) is 0 Å². The Morgan fingerprint density at radius 1 is 1.29 bits per heavy atom. The lowest BCUT2D eigenvalue weighted by Crippen LogP contribution is -2.31. The summed E-state index contributed by atoms with van der Waals surface area (Å²) in [6.45, 7) is 6.85. The summed E-state index contributed by atoms with van der Waals surface area (Å²) in [6.07, 6.45) is 4.62. The van der Waals surface area contributed by atoms with E-state index in [4.69, 9.17) is 4.74 Å². The lowest BCUT2D eigenvalue weighted by atomic mass is 9.75. The van der Waals surface area contributed by atoms with E-state index in [9.17, 15) is 4.79 Å². The molecule has 2 N–H and O–H groups in total. The lowest BCUT2D eigenvalue weighted by molar-refractivity contribution is 0.168. The third kappa shape index (κ3) is 4.96.